The highest BCUT2D eigenvalue weighted by Gasteiger charge is 2.11. The van der Waals surface area contributed by atoms with E-state index in [0.29, 0.717) is 29.6 Å². The van der Waals surface area contributed by atoms with Gasteiger partial charge >= 0.3 is 0 Å². The van der Waals surface area contributed by atoms with E-state index in [2.05, 4.69) is 42.0 Å². The van der Waals surface area contributed by atoms with Crippen molar-refractivity contribution in [2.75, 3.05) is 12.3 Å². The number of hydrogen-bond donors (Lipinski definition) is 2. The number of hydrogen-bond acceptors (Lipinski definition) is 2. The number of anilines is 1. The molecule has 4 heteroatoms. The maximum absolute atomic E-state index is 11.9. The first-order valence-electron chi connectivity index (χ1n) is 5.75. The topological polar surface area (TPSA) is 55.1 Å². The fraction of sp³-hybridized carbons (Fsp3) is 0.462. The summed E-state index contributed by atoms with van der Waals surface area (Å²) < 4.78 is 0.752. The lowest BCUT2D eigenvalue weighted by molar-refractivity contribution is 0.0945. The number of carbonyl (C=O) groups is 1. The van der Waals surface area contributed by atoms with Gasteiger partial charge in [-0.25, -0.2) is 0 Å². The normalized spacial score (nSPS) is 12.5. The predicted octanol–water partition coefficient (Wildman–Crippen LogP) is 3.05. The summed E-state index contributed by atoms with van der Waals surface area (Å²) in [7, 11) is 0. The van der Waals surface area contributed by atoms with E-state index in [1.165, 1.54) is 0 Å². The van der Waals surface area contributed by atoms with Crippen molar-refractivity contribution < 1.29 is 4.79 Å². The first-order chi connectivity index (χ1) is 7.91. The molecule has 1 aromatic rings. The Hall–Kier alpha value is -1.03. The van der Waals surface area contributed by atoms with Gasteiger partial charge < -0.3 is 11.1 Å². The molecule has 0 aliphatic rings. The highest BCUT2D eigenvalue weighted by Crippen LogP contribution is 2.20. The van der Waals surface area contributed by atoms with E-state index in [4.69, 9.17) is 5.73 Å². The van der Waals surface area contributed by atoms with Crippen molar-refractivity contribution in [2.45, 2.75) is 20.8 Å². The van der Waals surface area contributed by atoms with E-state index in [9.17, 15) is 4.79 Å². The van der Waals surface area contributed by atoms with Crippen molar-refractivity contribution in [1.29, 1.82) is 0 Å². The fourth-order valence-corrected chi connectivity index (χ4v) is 1.64. The summed E-state index contributed by atoms with van der Waals surface area (Å²) in [5.74, 6) is 0.975. The molecule has 0 saturated carbocycles. The molecule has 3 N–H and O–H groups in total. The molecule has 0 bridgehead atoms. The number of halogens is 1. The molecule has 0 radical (unpaired) electrons. The van der Waals surface area contributed by atoms with E-state index >= 15 is 0 Å². The van der Waals surface area contributed by atoms with Crippen LogP contribution < -0.4 is 11.1 Å². The second kappa shape index (κ2) is 6.05. The molecule has 1 amide bonds. The zero-order chi connectivity index (χ0) is 13.0. The third-order valence-electron chi connectivity index (χ3n) is 2.99. The molecule has 0 heterocycles. The molecule has 0 fully saturated rings. The van der Waals surface area contributed by atoms with Crippen LogP contribution in [0.4, 0.5) is 5.69 Å². The van der Waals surface area contributed by atoms with Crippen molar-refractivity contribution in [2.24, 2.45) is 11.8 Å². The minimum absolute atomic E-state index is 0.0572. The number of nitrogens with two attached hydrogens (primary N) is 1. The molecule has 0 saturated heterocycles. The van der Waals surface area contributed by atoms with Crippen molar-refractivity contribution in [3.63, 3.8) is 0 Å². The minimum atomic E-state index is -0.0572. The van der Waals surface area contributed by atoms with E-state index < -0.39 is 0 Å². The first-order valence-corrected chi connectivity index (χ1v) is 6.54. The molecule has 3 nitrogen and oxygen atoms in total. The van der Waals surface area contributed by atoms with Crippen molar-refractivity contribution in [1.82, 2.24) is 5.32 Å². The average Bonchev–Trinajstić information content (AvgIpc) is 2.28. The van der Waals surface area contributed by atoms with Gasteiger partial charge in [0, 0.05) is 22.3 Å². The van der Waals surface area contributed by atoms with Gasteiger partial charge in [-0.1, -0.05) is 20.8 Å². The predicted molar refractivity (Wildman–Crippen MR) is 74.9 cm³/mol. The Balaban J connectivity index is 2.61. The lowest BCUT2D eigenvalue weighted by atomic mass is 9.98. The molecule has 0 aliphatic carbocycles. The largest absolute Gasteiger partial charge is 0.398 e. The standard InChI is InChI=1S/C13H19BrN2O/c1-8(2)9(3)7-16-13(17)10-4-5-12(15)11(14)6-10/h4-6,8-9H,7,15H2,1-3H3,(H,16,17). The van der Waals surface area contributed by atoms with Gasteiger partial charge in [-0.15, -0.1) is 0 Å². The van der Waals surface area contributed by atoms with E-state index in [0.717, 1.165) is 4.47 Å². The Labute approximate surface area is 111 Å². The van der Waals surface area contributed by atoms with Crippen LogP contribution in [0.2, 0.25) is 0 Å². The highest BCUT2D eigenvalue weighted by molar-refractivity contribution is 9.10. The molecule has 1 atom stereocenters. The highest BCUT2D eigenvalue weighted by atomic mass is 79.9. The number of benzene rings is 1. The third-order valence-corrected chi connectivity index (χ3v) is 3.67. The molecule has 1 rings (SSSR count). The zero-order valence-corrected chi connectivity index (χ0v) is 12.0. The van der Waals surface area contributed by atoms with Crippen LogP contribution in [-0.2, 0) is 0 Å². The zero-order valence-electron chi connectivity index (χ0n) is 10.5. The molecule has 0 spiro atoms. The lowest BCUT2D eigenvalue weighted by Crippen LogP contribution is -2.30. The molecule has 1 unspecified atom stereocenters. The second-order valence-corrected chi connectivity index (χ2v) is 5.52. The Morgan fingerprint density at radius 2 is 2.06 bits per heavy atom. The summed E-state index contributed by atoms with van der Waals surface area (Å²) in [6.07, 6.45) is 0. The maximum atomic E-state index is 11.9. The Bertz CT molecular complexity index is 404. The summed E-state index contributed by atoms with van der Waals surface area (Å²) in [6.45, 7) is 7.12. The number of amides is 1. The lowest BCUT2D eigenvalue weighted by Gasteiger charge is -2.16. The molecule has 17 heavy (non-hydrogen) atoms. The van der Waals surface area contributed by atoms with Gasteiger partial charge in [0.1, 0.15) is 0 Å². The third kappa shape index (κ3) is 4.04. The summed E-state index contributed by atoms with van der Waals surface area (Å²) in [4.78, 5) is 11.9. The molecule has 0 aliphatic heterocycles. The van der Waals surface area contributed by atoms with Crippen LogP contribution in [0, 0.1) is 11.8 Å². The van der Waals surface area contributed by atoms with Gasteiger partial charge in [0.15, 0.2) is 0 Å². The van der Waals surface area contributed by atoms with Crippen LogP contribution >= 0.6 is 15.9 Å². The van der Waals surface area contributed by atoms with Crippen LogP contribution in [-0.4, -0.2) is 12.5 Å². The fourth-order valence-electron chi connectivity index (χ4n) is 1.26. The Morgan fingerprint density at radius 3 is 2.59 bits per heavy atom. The SMILES string of the molecule is CC(C)C(C)CNC(=O)c1ccc(N)c(Br)c1. The van der Waals surface area contributed by atoms with Crippen molar-refractivity contribution in [3.05, 3.63) is 28.2 Å². The summed E-state index contributed by atoms with van der Waals surface area (Å²) >= 11 is 3.31. The van der Waals surface area contributed by atoms with Crippen LogP contribution in [0.1, 0.15) is 31.1 Å². The van der Waals surface area contributed by atoms with E-state index in [-0.39, 0.29) is 5.91 Å². The summed E-state index contributed by atoms with van der Waals surface area (Å²) in [6, 6.07) is 5.20. The average molecular weight is 299 g/mol. The maximum Gasteiger partial charge on any atom is 0.251 e. The van der Waals surface area contributed by atoms with Gasteiger partial charge in [-0.05, 0) is 46.0 Å². The Kier molecular flexibility index (Phi) is 5.00. The number of carbonyl (C=O) groups excluding carboxylic acids is 1. The van der Waals surface area contributed by atoms with Gasteiger partial charge in [0.25, 0.3) is 5.91 Å². The van der Waals surface area contributed by atoms with Crippen LogP contribution in [0.25, 0.3) is 0 Å². The van der Waals surface area contributed by atoms with Crippen molar-refractivity contribution >= 4 is 27.5 Å². The Morgan fingerprint density at radius 1 is 1.41 bits per heavy atom. The molecule has 94 valence electrons. The van der Waals surface area contributed by atoms with Crippen LogP contribution in [0.5, 0.6) is 0 Å². The summed E-state index contributed by atoms with van der Waals surface area (Å²) in [5.41, 5.74) is 6.94. The number of nitrogen functional groups attached to an aromatic ring is 1. The quantitative estimate of drug-likeness (QED) is 0.840. The molecular weight excluding hydrogens is 280 g/mol. The first kappa shape index (κ1) is 14.0. The molecule has 1 aromatic carbocycles. The van der Waals surface area contributed by atoms with Crippen LogP contribution in [0.15, 0.2) is 22.7 Å². The smallest absolute Gasteiger partial charge is 0.251 e. The van der Waals surface area contributed by atoms with Crippen LogP contribution in [0.3, 0.4) is 0 Å². The molecule has 0 aromatic heterocycles. The summed E-state index contributed by atoms with van der Waals surface area (Å²) in [5, 5.41) is 2.93. The minimum Gasteiger partial charge on any atom is -0.398 e. The van der Waals surface area contributed by atoms with E-state index in [1.54, 1.807) is 18.2 Å². The van der Waals surface area contributed by atoms with Gasteiger partial charge in [0.2, 0.25) is 0 Å². The van der Waals surface area contributed by atoms with Gasteiger partial charge in [0.05, 0.1) is 0 Å². The van der Waals surface area contributed by atoms with E-state index in [1.807, 2.05) is 0 Å². The second-order valence-electron chi connectivity index (χ2n) is 4.67. The van der Waals surface area contributed by atoms with Gasteiger partial charge in [-0.2, -0.15) is 0 Å². The number of nitrogens with one attached hydrogen (secondary N) is 1. The van der Waals surface area contributed by atoms with Crippen molar-refractivity contribution in [3.8, 4) is 0 Å². The monoisotopic (exact) mass is 298 g/mol. The van der Waals surface area contributed by atoms with Gasteiger partial charge in [-0.3, -0.25) is 4.79 Å². The number of rotatable bonds is 4. The molecular formula is C13H19BrN2O.